The van der Waals surface area contributed by atoms with Gasteiger partial charge in [0.05, 0.1) is 0 Å². The highest BCUT2D eigenvalue weighted by atomic mass is 15.2. The molecule has 0 aliphatic carbocycles. The van der Waals surface area contributed by atoms with Crippen molar-refractivity contribution in [2.45, 2.75) is 39.2 Å². The Morgan fingerprint density at radius 2 is 2.33 bits per heavy atom. The van der Waals surface area contributed by atoms with Gasteiger partial charge in [-0.3, -0.25) is 9.88 Å². The molecule has 1 aromatic rings. The molecular formula is C13H20N2. The largest absolute Gasteiger partial charge is 0.297 e. The van der Waals surface area contributed by atoms with Crippen LogP contribution in [0, 0.1) is 6.92 Å². The van der Waals surface area contributed by atoms with Crippen LogP contribution in [-0.4, -0.2) is 23.0 Å². The normalized spacial score (nSPS) is 22.9. The summed E-state index contributed by atoms with van der Waals surface area (Å²) in [6.07, 6.45) is 5.89. The lowest BCUT2D eigenvalue weighted by molar-refractivity contribution is 0.156. The molecule has 0 N–H and O–H groups in total. The lowest BCUT2D eigenvalue weighted by atomic mass is 9.94. The van der Waals surface area contributed by atoms with Gasteiger partial charge in [0.2, 0.25) is 0 Å². The average Bonchev–Trinajstić information content (AvgIpc) is 2.30. The number of aromatic nitrogens is 1. The van der Waals surface area contributed by atoms with Crippen LogP contribution in [0.2, 0.25) is 0 Å². The zero-order chi connectivity index (χ0) is 10.7. The summed E-state index contributed by atoms with van der Waals surface area (Å²) in [5, 5.41) is 0. The van der Waals surface area contributed by atoms with Gasteiger partial charge in [0, 0.05) is 17.9 Å². The molecule has 2 heteroatoms. The van der Waals surface area contributed by atoms with Gasteiger partial charge in [-0.25, -0.2) is 0 Å². The summed E-state index contributed by atoms with van der Waals surface area (Å²) in [5.74, 6) is 0. The van der Waals surface area contributed by atoms with Crippen molar-refractivity contribution in [2.24, 2.45) is 0 Å². The molecule has 0 radical (unpaired) electrons. The lowest BCUT2D eigenvalue weighted by Gasteiger charge is -2.35. The number of hydrogen-bond acceptors (Lipinski definition) is 2. The van der Waals surface area contributed by atoms with Crippen molar-refractivity contribution in [3.8, 4) is 0 Å². The maximum atomic E-state index is 4.40. The Morgan fingerprint density at radius 3 is 3.07 bits per heavy atom. The molecule has 0 aromatic carbocycles. The van der Waals surface area contributed by atoms with Crippen molar-refractivity contribution in [3.05, 3.63) is 29.6 Å². The van der Waals surface area contributed by atoms with Gasteiger partial charge in [-0.15, -0.1) is 0 Å². The minimum absolute atomic E-state index is 0.609. The van der Waals surface area contributed by atoms with Gasteiger partial charge in [-0.05, 0) is 44.5 Å². The Hall–Kier alpha value is -0.890. The van der Waals surface area contributed by atoms with Gasteiger partial charge in [0.25, 0.3) is 0 Å². The van der Waals surface area contributed by atoms with Crippen LogP contribution in [0.15, 0.2) is 18.3 Å². The van der Waals surface area contributed by atoms with Crippen molar-refractivity contribution < 1.29 is 0 Å². The van der Waals surface area contributed by atoms with Crippen LogP contribution in [0.25, 0.3) is 0 Å². The Labute approximate surface area is 92.3 Å². The van der Waals surface area contributed by atoms with Gasteiger partial charge in [-0.1, -0.05) is 19.4 Å². The molecular weight excluding hydrogens is 184 g/mol. The standard InChI is InChI=1S/C13H20N2/c1-3-15-10-5-4-8-13(15)12-7-6-9-14-11(12)2/h6-7,9,13H,3-5,8,10H2,1-2H3/t13-/m0/s1. The first kappa shape index (κ1) is 10.6. The molecule has 2 heterocycles. The van der Waals surface area contributed by atoms with E-state index < -0.39 is 0 Å². The first-order chi connectivity index (χ1) is 7.33. The van der Waals surface area contributed by atoms with Crippen LogP contribution in [0.3, 0.4) is 0 Å². The Kier molecular flexibility index (Phi) is 3.37. The molecule has 1 fully saturated rings. The van der Waals surface area contributed by atoms with E-state index in [2.05, 4.69) is 35.9 Å². The summed E-state index contributed by atoms with van der Waals surface area (Å²) < 4.78 is 0. The highest BCUT2D eigenvalue weighted by molar-refractivity contribution is 5.23. The molecule has 0 saturated carbocycles. The fourth-order valence-corrected chi connectivity index (χ4v) is 2.57. The summed E-state index contributed by atoms with van der Waals surface area (Å²) in [6.45, 7) is 6.77. The van der Waals surface area contributed by atoms with E-state index in [1.807, 2.05) is 6.20 Å². The predicted octanol–water partition coefficient (Wildman–Crippen LogP) is 2.94. The van der Waals surface area contributed by atoms with Crippen molar-refractivity contribution in [1.82, 2.24) is 9.88 Å². The van der Waals surface area contributed by atoms with Crippen LogP contribution in [0.5, 0.6) is 0 Å². The van der Waals surface area contributed by atoms with Gasteiger partial charge < -0.3 is 0 Å². The topological polar surface area (TPSA) is 16.1 Å². The molecule has 1 aromatic heterocycles. The number of piperidine rings is 1. The third-order valence-corrected chi connectivity index (χ3v) is 3.43. The van der Waals surface area contributed by atoms with Gasteiger partial charge >= 0.3 is 0 Å². The second kappa shape index (κ2) is 4.75. The summed E-state index contributed by atoms with van der Waals surface area (Å²) in [5.41, 5.74) is 2.63. The molecule has 0 bridgehead atoms. The second-order valence-electron chi connectivity index (χ2n) is 4.32. The van der Waals surface area contributed by atoms with E-state index >= 15 is 0 Å². The smallest absolute Gasteiger partial charge is 0.0420 e. The van der Waals surface area contributed by atoms with E-state index in [4.69, 9.17) is 0 Å². The van der Waals surface area contributed by atoms with Gasteiger partial charge in [0.1, 0.15) is 0 Å². The number of nitrogens with zero attached hydrogens (tertiary/aromatic N) is 2. The molecule has 2 nitrogen and oxygen atoms in total. The molecule has 1 saturated heterocycles. The molecule has 1 aliphatic rings. The number of likely N-dealkylation sites (tertiary alicyclic amines) is 1. The van der Waals surface area contributed by atoms with Crippen LogP contribution in [0.1, 0.15) is 43.5 Å². The van der Waals surface area contributed by atoms with Gasteiger partial charge in [-0.2, -0.15) is 0 Å². The average molecular weight is 204 g/mol. The highest BCUT2D eigenvalue weighted by Gasteiger charge is 2.23. The predicted molar refractivity (Wildman–Crippen MR) is 62.8 cm³/mol. The van der Waals surface area contributed by atoms with E-state index in [0.29, 0.717) is 6.04 Å². The van der Waals surface area contributed by atoms with E-state index in [0.717, 1.165) is 6.54 Å². The van der Waals surface area contributed by atoms with Crippen LogP contribution in [0.4, 0.5) is 0 Å². The quantitative estimate of drug-likeness (QED) is 0.736. The maximum absolute atomic E-state index is 4.40. The minimum Gasteiger partial charge on any atom is -0.297 e. The SMILES string of the molecule is CCN1CCCC[C@H]1c1cccnc1C. The molecule has 1 atom stereocenters. The van der Waals surface area contributed by atoms with Crippen molar-refractivity contribution in [3.63, 3.8) is 0 Å². The minimum atomic E-state index is 0.609. The summed E-state index contributed by atoms with van der Waals surface area (Å²) in [7, 11) is 0. The van der Waals surface area contributed by atoms with Crippen molar-refractivity contribution in [1.29, 1.82) is 0 Å². The lowest BCUT2D eigenvalue weighted by Crippen LogP contribution is -2.33. The van der Waals surface area contributed by atoms with E-state index in [9.17, 15) is 0 Å². The van der Waals surface area contributed by atoms with Gasteiger partial charge in [0.15, 0.2) is 0 Å². The maximum Gasteiger partial charge on any atom is 0.0420 e. The van der Waals surface area contributed by atoms with E-state index in [1.54, 1.807) is 0 Å². The number of aryl methyl sites for hydroxylation is 1. The molecule has 0 amide bonds. The van der Waals surface area contributed by atoms with Crippen molar-refractivity contribution in [2.75, 3.05) is 13.1 Å². The van der Waals surface area contributed by atoms with Crippen LogP contribution in [-0.2, 0) is 0 Å². The molecule has 0 unspecified atom stereocenters. The summed E-state index contributed by atoms with van der Waals surface area (Å²) >= 11 is 0. The molecule has 0 spiro atoms. The highest BCUT2D eigenvalue weighted by Crippen LogP contribution is 2.31. The fraction of sp³-hybridized carbons (Fsp3) is 0.615. The number of pyridine rings is 1. The first-order valence-electron chi connectivity index (χ1n) is 5.98. The molecule has 1 aliphatic heterocycles. The third-order valence-electron chi connectivity index (χ3n) is 3.43. The Morgan fingerprint density at radius 1 is 1.47 bits per heavy atom. The van der Waals surface area contributed by atoms with E-state index in [-0.39, 0.29) is 0 Å². The zero-order valence-electron chi connectivity index (χ0n) is 9.74. The molecule has 15 heavy (non-hydrogen) atoms. The van der Waals surface area contributed by atoms with Crippen LogP contribution >= 0.6 is 0 Å². The second-order valence-corrected chi connectivity index (χ2v) is 4.32. The van der Waals surface area contributed by atoms with Crippen molar-refractivity contribution >= 4 is 0 Å². The Bertz CT molecular complexity index is 322. The zero-order valence-corrected chi connectivity index (χ0v) is 9.74. The summed E-state index contributed by atoms with van der Waals surface area (Å²) in [6, 6.07) is 4.91. The monoisotopic (exact) mass is 204 g/mol. The Balaban J connectivity index is 2.24. The number of hydrogen-bond donors (Lipinski definition) is 0. The number of rotatable bonds is 2. The first-order valence-corrected chi connectivity index (χ1v) is 5.98. The summed E-state index contributed by atoms with van der Waals surface area (Å²) in [4.78, 5) is 6.97. The van der Waals surface area contributed by atoms with E-state index in [1.165, 1.54) is 37.1 Å². The third kappa shape index (κ3) is 2.20. The van der Waals surface area contributed by atoms with Crippen LogP contribution < -0.4 is 0 Å². The molecule has 2 rings (SSSR count). The molecule has 82 valence electrons. The fourth-order valence-electron chi connectivity index (χ4n) is 2.57.